The molecule has 1 heterocycles. The summed E-state index contributed by atoms with van der Waals surface area (Å²) in [4.78, 5) is 13.3. The third-order valence-corrected chi connectivity index (χ3v) is 6.56. The van der Waals surface area contributed by atoms with Gasteiger partial charge in [0.25, 0.3) is 5.91 Å². The lowest BCUT2D eigenvalue weighted by atomic mass is 9.88. The molecule has 4 nitrogen and oxygen atoms in total. The van der Waals surface area contributed by atoms with Gasteiger partial charge in [-0.05, 0) is 72.7 Å². The standard InChI is InChI=1S/C29H35N3O/c1-5-9-22-11-6-7-12-26(22)28-20(3)10-8-13-25(28)21(4)31-29(33)27-16-23(15-14-19(27)2)32-24-17-30-18-24/h6-8,10-16,21,24,30,32H,5,9,17-18H2,1-4H3,(H,31,33). The van der Waals surface area contributed by atoms with Crippen LogP contribution in [-0.4, -0.2) is 25.0 Å². The highest BCUT2D eigenvalue weighted by molar-refractivity contribution is 5.97. The van der Waals surface area contributed by atoms with E-state index >= 15 is 0 Å². The molecule has 1 saturated heterocycles. The maximum atomic E-state index is 13.3. The monoisotopic (exact) mass is 441 g/mol. The zero-order valence-electron chi connectivity index (χ0n) is 20.2. The molecule has 1 fully saturated rings. The van der Waals surface area contributed by atoms with Gasteiger partial charge in [-0.2, -0.15) is 0 Å². The molecule has 0 radical (unpaired) electrons. The van der Waals surface area contributed by atoms with Crippen molar-refractivity contribution in [2.45, 2.75) is 52.6 Å². The first kappa shape index (κ1) is 23.1. The Labute approximate surface area is 197 Å². The van der Waals surface area contributed by atoms with Crippen molar-refractivity contribution in [3.05, 3.63) is 88.5 Å². The summed E-state index contributed by atoms with van der Waals surface area (Å²) in [5.74, 6) is -0.0373. The first-order chi connectivity index (χ1) is 16.0. The van der Waals surface area contributed by atoms with E-state index in [9.17, 15) is 4.79 Å². The number of hydrogen-bond acceptors (Lipinski definition) is 3. The number of aryl methyl sites for hydroxylation is 3. The maximum Gasteiger partial charge on any atom is 0.252 e. The number of amides is 1. The van der Waals surface area contributed by atoms with Gasteiger partial charge in [-0.3, -0.25) is 4.79 Å². The first-order valence-electron chi connectivity index (χ1n) is 12.0. The Morgan fingerprint density at radius 2 is 1.82 bits per heavy atom. The fourth-order valence-electron chi connectivity index (χ4n) is 4.61. The van der Waals surface area contributed by atoms with Crippen LogP contribution < -0.4 is 16.0 Å². The molecule has 0 spiro atoms. The number of carbonyl (C=O) groups excluding carboxylic acids is 1. The lowest BCUT2D eigenvalue weighted by Crippen LogP contribution is -2.51. The lowest BCUT2D eigenvalue weighted by molar-refractivity contribution is 0.0939. The van der Waals surface area contributed by atoms with Crippen LogP contribution in [0.25, 0.3) is 11.1 Å². The zero-order chi connectivity index (χ0) is 23.4. The number of anilines is 1. The molecule has 1 aliphatic rings. The van der Waals surface area contributed by atoms with E-state index in [0.717, 1.165) is 48.3 Å². The highest BCUT2D eigenvalue weighted by Gasteiger charge is 2.20. The first-order valence-corrected chi connectivity index (χ1v) is 12.0. The van der Waals surface area contributed by atoms with Crippen LogP contribution in [0.4, 0.5) is 5.69 Å². The summed E-state index contributed by atoms with van der Waals surface area (Å²) in [5.41, 5.74) is 8.94. The summed E-state index contributed by atoms with van der Waals surface area (Å²) in [5, 5.41) is 10.0. The fraction of sp³-hybridized carbons (Fsp3) is 0.345. The topological polar surface area (TPSA) is 53.2 Å². The van der Waals surface area contributed by atoms with Crippen LogP contribution in [0.15, 0.2) is 60.7 Å². The Kier molecular flexibility index (Phi) is 7.14. The molecule has 0 bridgehead atoms. The smallest absolute Gasteiger partial charge is 0.252 e. The SMILES string of the molecule is CCCc1ccccc1-c1c(C)cccc1C(C)NC(=O)c1cc(NC2CNC2)ccc1C. The molecule has 1 aliphatic heterocycles. The van der Waals surface area contributed by atoms with E-state index in [4.69, 9.17) is 0 Å². The van der Waals surface area contributed by atoms with Gasteiger partial charge in [0.2, 0.25) is 0 Å². The molecule has 1 atom stereocenters. The fourth-order valence-corrected chi connectivity index (χ4v) is 4.61. The Bertz CT molecular complexity index is 1130. The molecular weight excluding hydrogens is 406 g/mol. The molecule has 0 saturated carbocycles. The second-order valence-corrected chi connectivity index (χ2v) is 9.17. The number of rotatable bonds is 8. The number of carbonyl (C=O) groups is 1. The molecule has 3 aromatic rings. The summed E-state index contributed by atoms with van der Waals surface area (Å²) in [6.07, 6.45) is 2.14. The molecule has 4 heteroatoms. The van der Waals surface area contributed by atoms with E-state index < -0.39 is 0 Å². The second kappa shape index (κ2) is 10.2. The van der Waals surface area contributed by atoms with E-state index in [1.807, 2.05) is 19.1 Å². The van der Waals surface area contributed by atoms with Crippen molar-refractivity contribution in [3.8, 4) is 11.1 Å². The summed E-state index contributed by atoms with van der Waals surface area (Å²) in [6, 6.07) is 21.4. The highest BCUT2D eigenvalue weighted by atomic mass is 16.1. The quantitative estimate of drug-likeness (QED) is 0.414. The van der Waals surface area contributed by atoms with Gasteiger partial charge in [0, 0.05) is 24.3 Å². The van der Waals surface area contributed by atoms with Crippen LogP contribution >= 0.6 is 0 Å². The van der Waals surface area contributed by atoms with E-state index in [1.165, 1.54) is 22.3 Å². The van der Waals surface area contributed by atoms with E-state index in [1.54, 1.807) is 0 Å². The molecule has 1 unspecified atom stereocenters. The van der Waals surface area contributed by atoms with Crippen LogP contribution in [0.5, 0.6) is 0 Å². The molecule has 172 valence electrons. The molecule has 33 heavy (non-hydrogen) atoms. The summed E-state index contributed by atoms with van der Waals surface area (Å²) in [7, 11) is 0. The summed E-state index contributed by atoms with van der Waals surface area (Å²) in [6.45, 7) is 10.4. The van der Waals surface area contributed by atoms with Crippen LogP contribution in [-0.2, 0) is 6.42 Å². The van der Waals surface area contributed by atoms with Gasteiger partial charge < -0.3 is 16.0 Å². The molecule has 0 aromatic heterocycles. The zero-order valence-corrected chi connectivity index (χ0v) is 20.2. The number of benzene rings is 3. The average molecular weight is 442 g/mol. The Balaban J connectivity index is 1.61. The van der Waals surface area contributed by atoms with Crippen molar-refractivity contribution in [3.63, 3.8) is 0 Å². The van der Waals surface area contributed by atoms with Gasteiger partial charge in [-0.25, -0.2) is 0 Å². The Hall–Kier alpha value is -3.11. The van der Waals surface area contributed by atoms with Crippen LogP contribution in [0.1, 0.15) is 58.9 Å². The van der Waals surface area contributed by atoms with Crippen molar-refractivity contribution in [1.82, 2.24) is 10.6 Å². The predicted molar refractivity (Wildman–Crippen MR) is 138 cm³/mol. The van der Waals surface area contributed by atoms with E-state index in [2.05, 4.69) is 85.3 Å². The van der Waals surface area contributed by atoms with Gasteiger partial charge in [-0.15, -0.1) is 0 Å². The molecule has 1 amide bonds. The molecular formula is C29H35N3O. The van der Waals surface area contributed by atoms with Crippen molar-refractivity contribution in [2.75, 3.05) is 18.4 Å². The van der Waals surface area contributed by atoms with E-state index in [0.29, 0.717) is 6.04 Å². The van der Waals surface area contributed by atoms with Gasteiger partial charge in [0.05, 0.1) is 12.1 Å². The van der Waals surface area contributed by atoms with Gasteiger partial charge in [0.15, 0.2) is 0 Å². The average Bonchev–Trinajstić information content (AvgIpc) is 2.78. The molecule has 4 rings (SSSR count). The van der Waals surface area contributed by atoms with Crippen molar-refractivity contribution < 1.29 is 4.79 Å². The van der Waals surface area contributed by atoms with Crippen LogP contribution in [0.3, 0.4) is 0 Å². The second-order valence-electron chi connectivity index (χ2n) is 9.17. The van der Waals surface area contributed by atoms with Crippen molar-refractivity contribution in [1.29, 1.82) is 0 Å². The van der Waals surface area contributed by atoms with Crippen LogP contribution in [0, 0.1) is 13.8 Å². The van der Waals surface area contributed by atoms with Gasteiger partial charge in [0.1, 0.15) is 0 Å². The van der Waals surface area contributed by atoms with E-state index in [-0.39, 0.29) is 11.9 Å². The maximum absolute atomic E-state index is 13.3. The number of hydrogen-bond donors (Lipinski definition) is 3. The molecule has 3 aromatic carbocycles. The Morgan fingerprint density at radius 3 is 2.55 bits per heavy atom. The normalized spacial score (nSPS) is 14.4. The number of nitrogens with one attached hydrogen (secondary N) is 3. The van der Waals surface area contributed by atoms with Gasteiger partial charge >= 0.3 is 0 Å². The highest BCUT2D eigenvalue weighted by Crippen LogP contribution is 2.34. The van der Waals surface area contributed by atoms with Crippen molar-refractivity contribution >= 4 is 11.6 Å². The minimum atomic E-state index is -0.117. The third kappa shape index (κ3) is 5.12. The summed E-state index contributed by atoms with van der Waals surface area (Å²) >= 11 is 0. The largest absolute Gasteiger partial charge is 0.380 e. The van der Waals surface area contributed by atoms with Gasteiger partial charge in [-0.1, -0.05) is 61.9 Å². The minimum absolute atomic E-state index is 0.0373. The lowest BCUT2D eigenvalue weighted by Gasteiger charge is -2.29. The Morgan fingerprint density at radius 1 is 1.03 bits per heavy atom. The van der Waals surface area contributed by atoms with Crippen molar-refractivity contribution in [2.24, 2.45) is 0 Å². The minimum Gasteiger partial charge on any atom is -0.380 e. The summed E-state index contributed by atoms with van der Waals surface area (Å²) < 4.78 is 0. The molecule has 3 N–H and O–H groups in total. The third-order valence-electron chi connectivity index (χ3n) is 6.56. The van der Waals surface area contributed by atoms with Crippen LogP contribution in [0.2, 0.25) is 0 Å². The predicted octanol–water partition coefficient (Wildman–Crippen LogP) is 5.80. The molecule has 0 aliphatic carbocycles.